The highest BCUT2D eigenvalue weighted by Crippen LogP contribution is 2.29. The van der Waals surface area contributed by atoms with E-state index in [1.54, 1.807) is 6.92 Å². The highest BCUT2D eigenvalue weighted by atomic mass is 16.3. The molecular weight excluding hydrogens is 260 g/mol. The van der Waals surface area contributed by atoms with Crippen LogP contribution in [-0.4, -0.2) is 22.7 Å². The molecule has 0 aliphatic heterocycles. The van der Waals surface area contributed by atoms with Crippen LogP contribution in [0.1, 0.15) is 6.92 Å². The number of rotatable bonds is 4. The van der Waals surface area contributed by atoms with Gasteiger partial charge in [0.05, 0.1) is 11.6 Å². The van der Waals surface area contributed by atoms with Crippen molar-refractivity contribution < 1.29 is 5.11 Å². The Morgan fingerprint density at radius 3 is 2.52 bits per heavy atom. The molecule has 1 heterocycles. The van der Waals surface area contributed by atoms with Crippen molar-refractivity contribution >= 4 is 16.7 Å². The second-order valence-electron chi connectivity index (χ2n) is 5.17. The molecule has 2 aromatic carbocycles. The van der Waals surface area contributed by atoms with E-state index in [0.717, 1.165) is 27.8 Å². The number of fused-ring (bicyclic) bond motifs is 1. The lowest BCUT2D eigenvalue weighted by molar-refractivity contribution is 0.208. The first-order valence-electron chi connectivity index (χ1n) is 7.11. The molecule has 3 rings (SSSR count). The van der Waals surface area contributed by atoms with Gasteiger partial charge >= 0.3 is 0 Å². The van der Waals surface area contributed by atoms with Gasteiger partial charge in [0.25, 0.3) is 0 Å². The highest BCUT2D eigenvalue weighted by molar-refractivity contribution is 5.96. The first-order chi connectivity index (χ1) is 10.2. The molecule has 2 N–H and O–H groups in total. The van der Waals surface area contributed by atoms with Gasteiger partial charge in [-0.3, -0.25) is 0 Å². The largest absolute Gasteiger partial charge is 0.392 e. The minimum Gasteiger partial charge on any atom is -0.392 e. The number of para-hydroxylation sites is 1. The van der Waals surface area contributed by atoms with Crippen molar-refractivity contribution in [3.63, 3.8) is 0 Å². The number of aromatic nitrogens is 1. The van der Waals surface area contributed by atoms with E-state index in [1.807, 2.05) is 42.5 Å². The molecule has 1 aromatic heterocycles. The third kappa shape index (κ3) is 3.03. The van der Waals surface area contributed by atoms with E-state index in [-0.39, 0.29) is 0 Å². The number of pyridine rings is 1. The third-order valence-corrected chi connectivity index (χ3v) is 3.38. The van der Waals surface area contributed by atoms with Crippen LogP contribution in [0.5, 0.6) is 0 Å². The molecule has 1 unspecified atom stereocenters. The van der Waals surface area contributed by atoms with Crippen molar-refractivity contribution in [1.82, 2.24) is 4.98 Å². The van der Waals surface area contributed by atoms with Crippen LogP contribution < -0.4 is 5.32 Å². The Labute approximate surface area is 124 Å². The number of aliphatic hydroxyl groups excluding tert-OH is 1. The maximum atomic E-state index is 9.42. The Morgan fingerprint density at radius 1 is 1.05 bits per heavy atom. The molecule has 0 saturated heterocycles. The average molecular weight is 278 g/mol. The predicted octanol–water partition coefficient (Wildman–Crippen LogP) is 3.69. The van der Waals surface area contributed by atoms with Crippen molar-refractivity contribution in [1.29, 1.82) is 0 Å². The number of anilines is 1. The zero-order chi connectivity index (χ0) is 14.7. The average Bonchev–Trinajstić information content (AvgIpc) is 2.53. The first kappa shape index (κ1) is 13.6. The molecule has 106 valence electrons. The Morgan fingerprint density at radius 2 is 1.76 bits per heavy atom. The number of benzene rings is 2. The van der Waals surface area contributed by atoms with E-state index in [4.69, 9.17) is 0 Å². The molecule has 0 aliphatic carbocycles. The Bertz CT molecular complexity index is 739. The van der Waals surface area contributed by atoms with Crippen LogP contribution in [0.4, 0.5) is 5.82 Å². The summed E-state index contributed by atoms with van der Waals surface area (Å²) in [5, 5.41) is 13.7. The van der Waals surface area contributed by atoms with Crippen molar-refractivity contribution in [2.24, 2.45) is 0 Å². The van der Waals surface area contributed by atoms with E-state index in [2.05, 4.69) is 28.5 Å². The van der Waals surface area contributed by atoms with Crippen molar-refractivity contribution in [3.05, 3.63) is 60.7 Å². The minimum absolute atomic E-state index is 0.404. The summed E-state index contributed by atoms with van der Waals surface area (Å²) in [6.07, 6.45) is -0.404. The van der Waals surface area contributed by atoms with Crippen molar-refractivity contribution in [3.8, 4) is 11.1 Å². The molecule has 0 bridgehead atoms. The molecule has 0 aliphatic rings. The number of nitrogens with zero attached hydrogens (tertiary/aromatic N) is 1. The summed E-state index contributed by atoms with van der Waals surface area (Å²) < 4.78 is 0. The lowest BCUT2D eigenvalue weighted by Gasteiger charge is -2.12. The Hall–Kier alpha value is -2.39. The van der Waals surface area contributed by atoms with Crippen molar-refractivity contribution in [2.75, 3.05) is 11.9 Å². The second-order valence-corrected chi connectivity index (χ2v) is 5.17. The highest BCUT2D eigenvalue weighted by Gasteiger charge is 2.07. The fraction of sp³-hybridized carbons (Fsp3) is 0.167. The fourth-order valence-corrected chi connectivity index (χ4v) is 2.37. The molecular formula is C18H18N2O. The van der Waals surface area contributed by atoms with Crippen LogP contribution in [0.2, 0.25) is 0 Å². The topological polar surface area (TPSA) is 45.1 Å². The summed E-state index contributed by atoms with van der Waals surface area (Å²) in [4.78, 5) is 4.61. The molecule has 0 amide bonds. The van der Waals surface area contributed by atoms with Gasteiger partial charge in [-0.2, -0.15) is 0 Å². The molecule has 21 heavy (non-hydrogen) atoms. The zero-order valence-corrected chi connectivity index (χ0v) is 12.0. The van der Waals surface area contributed by atoms with Gasteiger partial charge in [0, 0.05) is 11.9 Å². The summed E-state index contributed by atoms with van der Waals surface area (Å²) in [5.74, 6) is 0.786. The Kier molecular flexibility index (Phi) is 3.84. The summed E-state index contributed by atoms with van der Waals surface area (Å²) in [6.45, 7) is 2.24. The quantitative estimate of drug-likeness (QED) is 0.765. The van der Waals surface area contributed by atoms with Gasteiger partial charge in [0.2, 0.25) is 0 Å². The number of hydrogen-bond donors (Lipinski definition) is 2. The van der Waals surface area contributed by atoms with Crippen LogP contribution >= 0.6 is 0 Å². The monoisotopic (exact) mass is 278 g/mol. The first-order valence-corrected chi connectivity index (χ1v) is 7.11. The smallest absolute Gasteiger partial charge is 0.127 e. The zero-order valence-electron chi connectivity index (χ0n) is 12.0. The number of nitrogens with one attached hydrogen (secondary N) is 1. The fourth-order valence-electron chi connectivity index (χ4n) is 2.37. The molecule has 0 radical (unpaired) electrons. The van der Waals surface area contributed by atoms with Crippen LogP contribution in [-0.2, 0) is 0 Å². The number of hydrogen-bond acceptors (Lipinski definition) is 3. The maximum Gasteiger partial charge on any atom is 0.127 e. The standard InChI is InChI=1S/C18H18N2O/c1-13(21)12-19-18-11-16(14-7-3-2-4-8-14)15-9-5-6-10-17(15)20-18/h2-11,13,21H,12H2,1H3,(H,19,20). The van der Waals surface area contributed by atoms with E-state index in [0.29, 0.717) is 6.54 Å². The van der Waals surface area contributed by atoms with Gasteiger partial charge in [-0.1, -0.05) is 48.5 Å². The summed E-state index contributed by atoms with van der Waals surface area (Å²) >= 11 is 0. The molecule has 1 atom stereocenters. The van der Waals surface area contributed by atoms with Crippen LogP contribution in [0.25, 0.3) is 22.0 Å². The van der Waals surface area contributed by atoms with Crippen LogP contribution in [0.15, 0.2) is 60.7 Å². The lowest BCUT2D eigenvalue weighted by atomic mass is 10.0. The predicted molar refractivity (Wildman–Crippen MR) is 87.3 cm³/mol. The van der Waals surface area contributed by atoms with Gasteiger partial charge in [-0.25, -0.2) is 4.98 Å². The van der Waals surface area contributed by atoms with E-state index in [9.17, 15) is 5.11 Å². The van der Waals surface area contributed by atoms with Gasteiger partial charge in [-0.05, 0) is 30.2 Å². The molecule has 0 spiro atoms. The Balaban J connectivity index is 2.12. The number of aliphatic hydroxyl groups is 1. The van der Waals surface area contributed by atoms with E-state index in [1.165, 1.54) is 0 Å². The summed E-state index contributed by atoms with van der Waals surface area (Å²) in [7, 11) is 0. The van der Waals surface area contributed by atoms with Gasteiger partial charge in [0.15, 0.2) is 0 Å². The lowest BCUT2D eigenvalue weighted by Crippen LogP contribution is -2.16. The molecule has 0 saturated carbocycles. The summed E-state index contributed by atoms with van der Waals surface area (Å²) in [5.41, 5.74) is 3.26. The van der Waals surface area contributed by atoms with Gasteiger partial charge in [-0.15, -0.1) is 0 Å². The third-order valence-electron chi connectivity index (χ3n) is 3.38. The van der Waals surface area contributed by atoms with Crippen LogP contribution in [0, 0.1) is 0 Å². The van der Waals surface area contributed by atoms with Gasteiger partial charge < -0.3 is 10.4 Å². The normalized spacial score (nSPS) is 12.3. The molecule has 0 fully saturated rings. The molecule has 3 nitrogen and oxygen atoms in total. The molecule has 3 aromatic rings. The van der Waals surface area contributed by atoms with E-state index >= 15 is 0 Å². The van der Waals surface area contributed by atoms with E-state index < -0.39 is 6.10 Å². The molecule has 3 heteroatoms. The van der Waals surface area contributed by atoms with Gasteiger partial charge in [0.1, 0.15) is 5.82 Å². The maximum absolute atomic E-state index is 9.42. The summed E-state index contributed by atoms with van der Waals surface area (Å²) in [6, 6.07) is 20.4. The minimum atomic E-state index is -0.404. The second kappa shape index (κ2) is 5.94. The van der Waals surface area contributed by atoms with Crippen LogP contribution in [0.3, 0.4) is 0 Å². The SMILES string of the molecule is CC(O)CNc1cc(-c2ccccc2)c2ccccc2n1. The van der Waals surface area contributed by atoms with Crippen molar-refractivity contribution in [2.45, 2.75) is 13.0 Å².